The Kier molecular flexibility index (Phi) is 3.97. The molecule has 0 N–H and O–H groups in total. The number of aldehydes is 1. The zero-order chi connectivity index (χ0) is 14.7. The second-order valence-electron chi connectivity index (χ2n) is 4.63. The number of ether oxygens (including phenoxy) is 1. The van der Waals surface area contributed by atoms with Gasteiger partial charge < -0.3 is 9.64 Å². The molecule has 1 aromatic carbocycles. The van der Waals surface area contributed by atoms with Gasteiger partial charge in [-0.25, -0.2) is 0 Å². The van der Waals surface area contributed by atoms with Crippen LogP contribution in [0.25, 0.3) is 0 Å². The molecule has 20 heavy (non-hydrogen) atoms. The quantitative estimate of drug-likeness (QED) is 0.446. The van der Waals surface area contributed by atoms with E-state index in [0.717, 1.165) is 18.9 Å². The van der Waals surface area contributed by atoms with Crippen molar-refractivity contribution in [3.05, 3.63) is 33.9 Å². The van der Waals surface area contributed by atoms with Crippen molar-refractivity contribution in [2.75, 3.05) is 13.7 Å². The SMILES string of the molecule is CN(C(=O)COc1ccc(C=O)cc1[N+](=O)[O-])C1CC1. The Morgan fingerprint density at radius 1 is 1.55 bits per heavy atom. The standard InChI is InChI=1S/C13H14N2O5/c1-14(10-3-4-10)13(17)8-20-12-5-2-9(7-16)6-11(12)15(18)19/h2,5-7,10H,3-4,8H2,1H3. The van der Waals surface area contributed by atoms with Crippen molar-refractivity contribution >= 4 is 17.9 Å². The lowest BCUT2D eigenvalue weighted by atomic mass is 10.2. The van der Waals surface area contributed by atoms with Crippen molar-refractivity contribution in [2.24, 2.45) is 0 Å². The first-order valence-electron chi connectivity index (χ1n) is 6.15. The van der Waals surface area contributed by atoms with E-state index in [-0.39, 0.29) is 35.6 Å². The van der Waals surface area contributed by atoms with Gasteiger partial charge in [-0.15, -0.1) is 0 Å². The summed E-state index contributed by atoms with van der Waals surface area (Å²) in [5.41, 5.74) is -0.137. The third-order valence-corrected chi connectivity index (χ3v) is 3.15. The first-order chi connectivity index (χ1) is 9.52. The predicted octanol–water partition coefficient (Wildman–Crippen LogP) is 1.41. The van der Waals surface area contributed by atoms with Crippen LogP contribution in [0.4, 0.5) is 5.69 Å². The maximum absolute atomic E-state index is 11.8. The monoisotopic (exact) mass is 278 g/mol. The Morgan fingerprint density at radius 3 is 2.80 bits per heavy atom. The first kappa shape index (κ1) is 14.0. The lowest BCUT2D eigenvalue weighted by Gasteiger charge is -2.16. The lowest BCUT2D eigenvalue weighted by molar-refractivity contribution is -0.385. The number of benzene rings is 1. The molecule has 1 fully saturated rings. The number of carbonyl (C=O) groups is 2. The molecule has 1 aromatic rings. The second-order valence-corrected chi connectivity index (χ2v) is 4.63. The number of hydrogen-bond acceptors (Lipinski definition) is 5. The molecule has 0 radical (unpaired) electrons. The summed E-state index contributed by atoms with van der Waals surface area (Å²) in [5, 5.41) is 10.9. The highest BCUT2D eigenvalue weighted by Crippen LogP contribution is 2.28. The van der Waals surface area contributed by atoms with Crippen LogP contribution < -0.4 is 4.74 Å². The Bertz CT molecular complexity index is 554. The number of nitrogens with zero attached hydrogens (tertiary/aromatic N) is 2. The van der Waals surface area contributed by atoms with Crippen molar-refractivity contribution in [1.29, 1.82) is 0 Å². The van der Waals surface area contributed by atoms with Gasteiger partial charge in [-0.3, -0.25) is 19.7 Å². The average molecular weight is 278 g/mol. The Balaban J connectivity index is 2.06. The summed E-state index contributed by atoms with van der Waals surface area (Å²) < 4.78 is 5.21. The minimum atomic E-state index is -0.641. The molecule has 0 aliphatic heterocycles. The minimum absolute atomic E-state index is 0.0156. The molecule has 7 nitrogen and oxygen atoms in total. The van der Waals surface area contributed by atoms with Gasteiger partial charge in [0.05, 0.1) is 4.92 Å². The summed E-state index contributed by atoms with van der Waals surface area (Å²) >= 11 is 0. The second kappa shape index (κ2) is 5.68. The van der Waals surface area contributed by atoms with Gasteiger partial charge in [0.25, 0.3) is 5.91 Å². The van der Waals surface area contributed by atoms with Crippen LogP contribution in [0.5, 0.6) is 5.75 Å². The summed E-state index contributed by atoms with van der Waals surface area (Å²) in [7, 11) is 1.69. The fourth-order valence-corrected chi connectivity index (χ4v) is 1.78. The molecule has 7 heteroatoms. The van der Waals surface area contributed by atoms with E-state index in [1.54, 1.807) is 11.9 Å². The van der Waals surface area contributed by atoms with Crippen LogP contribution in [0.1, 0.15) is 23.2 Å². The number of nitro benzene ring substituents is 1. The first-order valence-corrected chi connectivity index (χ1v) is 6.15. The van der Waals surface area contributed by atoms with Gasteiger partial charge in [-0.1, -0.05) is 0 Å². The summed E-state index contributed by atoms with van der Waals surface area (Å²) in [6.07, 6.45) is 2.48. The van der Waals surface area contributed by atoms with Crippen molar-refractivity contribution in [3.63, 3.8) is 0 Å². The van der Waals surface area contributed by atoms with Crippen molar-refractivity contribution < 1.29 is 19.2 Å². The lowest BCUT2D eigenvalue weighted by Crippen LogP contribution is -2.33. The molecule has 0 aromatic heterocycles. The number of hydrogen-bond donors (Lipinski definition) is 0. The van der Waals surface area contributed by atoms with Crippen molar-refractivity contribution in [3.8, 4) is 5.75 Å². The molecular weight excluding hydrogens is 264 g/mol. The highest BCUT2D eigenvalue weighted by molar-refractivity contribution is 5.79. The van der Waals surface area contributed by atoms with Gasteiger partial charge >= 0.3 is 5.69 Å². The van der Waals surface area contributed by atoms with E-state index < -0.39 is 4.92 Å². The van der Waals surface area contributed by atoms with Crippen LogP contribution >= 0.6 is 0 Å². The third-order valence-electron chi connectivity index (χ3n) is 3.15. The molecule has 0 heterocycles. The number of likely N-dealkylation sites (N-methyl/N-ethyl adjacent to an activating group) is 1. The van der Waals surface area contributed by atoms with Gasteiger partial charge in [0.1, 0.15) is 6.29 Å². The van der Waals surface area contributed by atoms with E-state index in [4.69, 9.17) is 4.74 Å². The van der Waals surface area contributed by atoms with Gasteiger partial charge in [-0.05, 0) is 25.0 Å². The van der Waals surface area contributed by atoms with Crippen LogP contribution in [0, 0.1) is 10.1 Å². The highest BCUT2D eigenvalue weighted by Gasteiger charge is 2.30. The number of nitro groups is 1. The van der Waals surface area contributed by atoms with Gasteiger partial charge in [0.15, 0.2) is 12.4 Å². The zero-order valence-corrected chi connectivity index (χ0v) is 10.9. The molecule has 0 atom stereocenters. The Labute approximate surface area is 115 Å². The molecule has 106 valence electrons. The largest absolute Gasteiger partial charge is 0.477 e. The summed E-state index contributed by atoms with van der Waals surface area (Å²) in [6.45, 7) is -0.256. The summed E-state index contributed by atoms with van der Waals surface area (Å²) in [4.78, 5) is 34.2. The van der Waals surface area contributed by atoms with E-state index in [9.17, 15) is 19.7 Å². The third kappa shape index (κ3) is 3.11. The molecular formula is C13H14N2O5. The van der Waals surface area contributed by atoms with Gasteiger partial charge in [0.2, 0.25) is 0 Å². The van der Waals surface area contributed by atoms with Crippen LogP contribution in [-0.2, 0) is 4.79 Å². The van der Waals surface area contributed by atoms with Crippen LogP contribution in [-0.4, -0.2) is 41.7 Å². The van der Waals surface area contributed by atoms with Crippen molar-refractivity contribution in [1.82, 2.24) is 4.90 Å². The zero-order valence-electron chi connectivity index (χ0n) is 10.9. The molecule has 0 spiro atoms. The molecule has 0 unspecified atom stereocenters. The molecule has 2 rings (SSSR count). The highest BCUT2D eigenvalue weighted by atomic mass is 16.6. The van der Waals surface area contributed by atoms with E-state index in [2.05, 4.69) is 0 Å². The average Bonchev–Trinajstić information content (AvgIpc) is 3.28. The van der Waals surface area contributed by atoms with E-state index in [1.807, 2.05) is 0 Å². The predicted molar refractivity (Wildman–Crippen MR) is 69.8 cm³/mol. The smallest absolute Gasteiger partial charge is 0.311 e. The van der Waals surface area contributed by atoms with Crippen LogP contribution in [0.3, 0.4) is 0 Å². The fourth-order valence-electron chi connectivity index (χ4n) is 1.78. The molecule has 1 amide bonds. The van der Waals surface area contributed by atoms with E-state index in [1.165, 1.54) is 12.1 Å². The Morgan fingerprint density at radius 2 is 2.25 bits per heavy atom. The van der Waals surface area contributed by atoms with E-state index >= 15 is 0 Å². The summed E-state index contributed by atoms with van der Waals surface area (Å²) in [5.74, 6) is -0.237. The number of amides is 1. The van der Waals surface area contributed by atoms with Gasteiger partial charge in [0, 0.05) is 24.7 Å². The maximum atomic E-state index is 11.8. The van der Waals surface area contributed by atoms with Crippen LogP contribution in [0.2, 0.25) is 0 Å². The topological polar surface area (TPSA) is 89.8 Å². The molecule has 1 saturated carbocycles. The number of carbonyl (C=O) groups excluding carboxylic acids is 2. The van der Waals surface area contributed by atoms with E-state index in [0.29, 0.717) is 6.29 Å². The molecule has 1 aliphatic rings. The van der Waals surface area contributed by atoms with Crippen LogP contribution in [0.15, 0.2) is 18.2 Å². The maximum Gasteiger partial charge on any atom is 0.311 e. The number of rotatable bonds is 6. The molecule has 0 bridgehead atoms. The normalized spacial score (nSPS) is 13.7. The molecule has 0 saturated heterocycles. The van der Waals surface area contributed by atoms with Gasteiger partial charge in [-0.2, -0.15) is 0 Å². The van der Waals surface area contributed by atoms with Crippen molar-refractivity contribution in [2.45, 2.75) is 18.9 Å². The fraction of sp³-hybridized carbons (Fsp3) is 0.385. The summed E-state index contributed by atoms with van der Waals surface area (Å²) in [6, 6.07) is 4.12. The minimum Gasteiger partial charge on any atom is -0.477 e. The Hall–Kier alpha value is -2.44. The molecule has 1 aliphatic carbocycles.